The number of rotatable bonds is 5. The molecule has 0 spiro atoms. The van der Waals surface area contributed by atoms with E-state index in [9.17, 15) is 0 Å². The third-order valence-corrected chi connectivity index (χ3v) is 3.39. The van der Waals surface area contributed by atoms with E-state index >= 15 is 0 Å². The molecule has 2 rings (SSSR count). The van der Waals surface area contributed by atoms with Gasteiger partial charge in [0.15, 0.2) is 0 Å². The first kappa shape index (κ1) is 10.4. The molecule has 0 amide bonds. The molecule has 2 aliphatic rings. The van der Waals surface area contributed by atoms with Crippen LogP contribution in [0.1, 0.15) is 26.2 Å². The molecule has 0 aromatic rings. The first-order valence-electron chi connectivity index (χ1n) is 5.84. The lowest BCUT2D eigenvalue weighted by molar-refractivity contribution is 0.0207. The van der Waals surface area contributed by atoms with E-state index in [1.807, 2.05) is 0 Å². The molecule has 2 N–H and O–H groups in total. The standard InChI is InChI=1S/C11H22N2O/c1-11(4-2-6-14-11)9-12-5-3-10-7-13-8-10/h10,12-13H,2-9H2,1H3. The zero-order chi connectivity index (χ0) is 9.86. The van der Waals surface area contributed by atoms with Crippen molar-refractivity contribution in [2.45, 2.75) is 31.8 Å². The van der Waals surface area contributed by atoms with E-state index in [4.69, 9.17) is 4.74 Å². The van der Waals surface area contributed by atoms with Gasteiger partial charge in [-0.2, -0.15) is 0 Å². The molecular formula is C11H22N2O. The highest BCUT2D eigenvalue weighted by Crippen LogP contribution is 2.23. The number of ether oxygens (including phenoxy) is 1. The van der Waals surface area contributed by atoms with Crippen LogP contribution in [0, 0.1) is 5.92 Å². The first-order chi connectivity index (χ1) is 6.79. The predicted octanol–water partition coefficient (Wildman–Crippen LogP) is 0.755. The summed E-state index contributed by atoms with van der Waals surface area (Å²) in [4.78, 5) is 0. The van der Waals surface area contributed by atoms with Crippen molar-refractivity contribution in [2.24, 2.45) is 5.92 Å². The fourth-order valence-electron chi connectivity index (χ4n) is 2.19. The molecule has 2 heterocycles. The zero-order valence-electron chi connectivity index (χ0n) is 9.14. The molecule has 1 unspecified atom stereocenters. The van der Waals surface area contributed by atoms with Crippen LogP contribution < -0.4 is 10.6 Å². The maximum atomic E-state index is 5.71. The van der Waals surface area contributed by atoms with Crippen molar-refractivity contribution in [3.05, 3.63) is 0 Å². The molecule has 3 nitrogen and oxygen atoms in total. The second kappa shape index (κ2) is 4.60. The SMILES string of the molecule is CC1(CNCCC2CNC2)CCCO1. The smallest absolute Gasteiger partial charge is 0.0779 e. The molecule has 1 atom stereocenters. The van der Waals surface area contributed by atoms with Gasteiger partial charge >= 0.3 is 0 Å². The first-order valence-corrected chi connectivity index (χ1v) is 5.84. The Kier molecular flexibility index (Phi) is 3.42. The van der Waals surface area contributed by atoms with Gasteiger partial charge in [0, 0.05) is 13.2 Å². The largest absolute Gasteiger partial charge is 0.374 e. The Balaban J connectivity index is 1.53. The molecule has 3 heteroatoms. The summed E-state index contributed by atoms with van der Waals surface area (Å²) in [6.45, 7) is 7.77. The van der Waals surface area contributed by atoms with E-state index < -0.39 is 0 Å². The third-order valence-electron chi connectivity index (χ3n) is 3.39. The van der Waals surface area contributed by atoms with Gasteiger partial charge in [0.1, 0.15) is 0 Å². The van der Waals surface area contributed by atoms with Crippen molar-refractivity contribution in [3.63, 3.8) is 0 Å². The summed E-state index contributed by atoms with van der Waals surface area (Å²) in [6, 6.07) is 0. The Morgan fingerprint density at radius 2 is 2.36 bits per heavy atom. The molecule has 0 aromatic heterocycles. The van der Waals surface area contributed by atoms with Crippen molar-refractivity contribution in [3.8, 4) is 0 Å². The fraction of sp³-hybridized carbons (Fsp3) is 1.00. The zero-order valence-corrected chi connectivity index (χ0v) is 9.14. The Morgan fingerprint density at radius 1 is 1.50 bits per heavy atom. The van der Waals surface area contributed by atoms with Crippen LogP contribution in [0.25, 0.3) is 0 Å². The van der Waals surface area contributed by atoms with Gasteiger partial charge in [0.2, 0.25) is 0 Å². The van der Waals surface area contributed by atoms with Crippen LogP contribution in [0.2, 0.25) is 0 Å². The van der Waals surface area contributed by atoms with Crippen molar-refractivity contribution in [2.75, 3.05) is 32.8 Å². The molecule has 2 fully saturated rings. The molecule has 2 saturated heterocycles. The lowest BCUT2D eigenvalue weighted by atomic mass is 9.99. The Morgan fingerprint density at radius 3 is 2.93 bits per heavy atom. The highest BCUT2D eigenvalue weighted by molar-refractivity contribution is 4.83. The minimum absolute atomic E-state index is 0.123. The summed E-state index contributed by atoms with van der Waals surface area (Å²) < 4.78 is 5.71. The molecule has 14 heavy (non-hydrogen) atoms. The summed E-state index contributed by atoms with van der Waals surface area (Å²) in [5, 5.41) is 6.81. The van der Waals surface area contributed by atoms with Crippen LogP contribution in [0.4, 0.5) is 0 Å². The van der Waals surface area contributed by atoms with Crippen molar-refractivity contribution < 1.29 is 4.74 Å². The second-order valence-electron chi connectivity index (χ2n) is 4.89. The fourth-order valence-corrected chi connectivity index (χ4v) is 2.19. The molecule has 0 saturated carbocycles. The quantitative estimate of drug-likeness (QED) is 0.640. The van der Waals surface area contributed by atoms with Crippen molar-refractivity contribution in [1.29, 1.82) is 0 Å². The van der Waals surface area contributed by atoms with Gasteiger partial charge in [0.25, 0.3) is 0 Å². The van der Waals surface area contributed by atoms with Crippen LogP contribution in [-0.4, -0.2) is 38.4 Å². The van der Waals surface area contributed by atoms with E-state index in [1.54, 1.807) is 0 Å². The average Bonchev–Trinajstić information content (AvgIpc) is 2.49. The summed E-state index contributed by atoms with van der Waals surface area (Å²) >= 11 is 0. The third kappa shape index (κ3) is 2.69. The molecule has 0 aliphatic carbocycles. The van der Waals surface area contributed by atoms with Gasteiger partial charge in [0.05, 0.1) is 5.60 Å². The maximum absolute atomic E-state index is 5.71. The molecule has 0 radical (unpaired) electrons. The number of hydrogen-bond donors (Lipinski definition) is 2. The molecular weight excluding hydrogens is 176 g/mol. The Bertz CT molecular complexity index is 174. The average molecular weight is 198 g/mol. The van der Waals surface area contributed by atoms with Gasteiger partial charge < -0.3 is 15.4 Å². The minimum Gasteiger partial charge on any atom is -0.374 e. The van der Waals surface area contributed by atoms with E-state index in [-0.39, 0.29) is 5.60 Å². The molecule has 2 aliphatic heterocycles. The van der Waals surface area contributed by atoms with Crippen molar-refractivity contribution >= 4 is 0 Å². The van der Waals surface area contributed by atoms with Crippen molar-refractivity contribution in [1.82, 2.24) is 10.6 Å². The van der Waals surface area contributed by atoms with Gasteiger partial charge in [-0.1, -0.05) is 0 Å². The molecule has 82 valence electrons. The van der Waals surface area contributed by atoms with Gasteiger partial charge in [-0.3, -0.25) is 0 Å². The summed E-state index contributed by atoms with van der Waals surface area (Å²) in [7, 11) is 0. The Hall–Kier alpha value is -0.120. The Labute approximate surface area is 86.6 Å². The summed E-state index contributed by atoms with van der Waals surface area (Å²) in [5.41, 5.74) is 0.123. The van der Waals surface area contributed by atoms with Crippen LogP contribution >= 0.6 is 0 Å². The molecule has 0 bridgehead atoms. The highest BCUT2D eigenvalue weighted by atomic mass is 16.5. The van der Waals surface area contributed by atoms with Gasteiger partial charge in [-0.15, -0.1) is 0 Å². The monoisotopic (exact) mass is 198 g/mol. The van der Waals surface area contributed by atoms with Gasteiger partial charge in [-0.05, 0) is 51.7 Å². The van der Waals surface area contributed by atoms with Crippen LogP contribution in [0.15, 0.2) is 0 Å². The highest BCUT2D eigenvalue weighted by Gasteiger charge is 2.29. The summed E-state index contributed by atoms with van der Waals surface area (Å²) in [6.07, 6.45) is 3.75. The maximum Gasteiger partial charge on any atom is 0.0779 e. The lowest BCUT2D eigenvalue weighted by Gasteiger charge is -2.28. The number of hydrogen-bond acceptors (Lipinski definition) is 3. The number of nitrogens with one attached hydrogen (secondary N) is 2. The van der Waals surface area contributed by atoms with Crippen LogP contribution in [0.5, 0.6) is 0 Å². The predicted molar refractivity (Wildman–Crippen MR) is 57.4 cm³/mol. The topological polar surface area (TPSA) is 33.3 Å². The van der Waals surface area contributed by atoms with Crippen LogP contribution in [-0.2, 0) is 4.74 Å². The van der Waals surface area contributed by atoms with E-state index in [2.05, 4.69) is 17.6 Å². The van der Waals surface area contributed by atoms with E-state index in [0.29, 0.717) is 0 Å². The summed E-state index contributed by atoms with van der Waals surface area (Å²) in [5.74, 6) is 0.916. The van der Waals surface area contributed by atoms with Crippen LogP contribution in [0.3, 0.4) is 0 Å². The lowest BCUT2D eigenvalue weighted by Crippen LogP contribution is -2.44. The molecule has 0 aromatic carbocycles. The second-order valence-corrected chi connectivity index (χ2v) is 4.89. The normalized spacial score (nSPS) is 33.2. The van der Waals surface area contributed by atoms with Gasteiger partial charge in [-0.25, -0.2) is 0 Å². The van der Waals surface area contributed by atoms with E-state index in [0.717, 1.165) is 25.6 Å². The minimum atomic E-state index is 0.123. The van der Waals surface area contributed by atoms with E-state index in [1.165, 1.54) is 32.4 Å².